The number of hydrogen-bond donors (Lipinski definition) is 1. The maximum atomic E-state index is 11.7. The third-order valence-corrected chi connectivity index (χ3v) is 2.62. The van der Waals surface area contributed by atoms with E-state index in [0.29, 0.717) is 6.54 Å². The summed E-state index contributed by atoms with van der Waals surface area (Å²) in [6.45, 7) is 6.95. The molecule has 2 amide bonds. The van der Waals surface area contributed by atoms with Gasteiger partial charge < -0.3 is 15.1 Å². The molecule has 0 saturated carbocycles. The predicted molar refractivity (Wildman–Crippen MR) is 68.7 cm³/mol. The maximum absolute atomic E-state index is 11.7. The lowest BCUT2D eigenvalue weighted by Crippen LogP contribution is -2.44. The van der Waals surface area contributed by atoms with Gasteiger partial charge >= 0.3 is 0 Å². The molecule has 1 N–H and O–H groups in total. The van der Waals surface area contributed by atoms with E-state index in [0.717, 1.165) is 13.0 Å². The minimum Gasteiger partial charge on any atom is -0.352 e. The lowest BCUT2D eigenvalue weighted by Gasteiger charge is -2.23. The SMILES string of the molecule is CCC(C)NC(=O)CN(CCN(C)C)C(C)=O. The molecule has 0 aromatic heterocycles. The van der Waals surface area contributed by atoms with Crippen LogP contribution < -0.4 is 5.32 Å². The normalized spacial score (nSPS) is 12.4. The number of nitrogens with one attached hydrogen (secondary N) is 1. The zero-order valence-corrected chi connectivity index (χ0v) is 11.6. The van der Waals surface area contributed by atoms with E-state index in [2.05, 4.69) is 5.32 Å². The van der Waals surface area contributed by atoms with Crippen molar-refractivity contribution in [3.05, 3.63) is 0 Å². The summed E-state index contributed by atoms with van der Waals surface area (Å²) in [6, 6.07) is 0.158. The molecule has 17 heavy (non-hydrogen) atoms. The third-order valence-electron chi connectivity index (χ3n) is 2.62. The summed E-state index contributed by atoms with van der Waals surface area (Å²) in [5.74, 6) is -0.153. The molecule has 1 unspecified atom stereocenters. The van der Waals surface area contributed by atoms with Crippen molar-refractivity contribution < 1.29 is 9.59 Å². The standard InChI is InChI=1S/C12H25N3O2/c1-6-10(2)13-12(17)9-15(11(3)16)8-7-14(4)5/h10H,6-9H2,1-5H3,(H,13,17). The summed E-state index contributed by atoms with van der Waals surface area (Å²) >= 11 is 0. The number of rotatable bonds is 7. The topological polar surface area (TPSA) is 52.7 Å². The predicted octanol–water partition coefficient (Wildman–Crippen LogP) is 0.311. The molecule has 1 atom stereocenters. The number of hydrogen-bond acceptors (Lipinski definition) is 3. The average molecular weight is 243 g/mol. The summed E-state index contributed by atoms with van der Waals surface area (Å²) in [6.07, 6.45) is 0.892. The van der Waals surface area contributed by atoms with Gasteiger partial charge in [-0.05, 0) is 27.4 Å². The molecule has 0 spiro atoms. The van der Waals surface area contributed by atoms with Crippen LogP contribution >= 0.6 is 0 Å². The van der Waals surface area contributed by atoms with E-state index in [1.807, 2.05) is 32.8 Å². The second kappa shape index (κ2) is 8.06. The van der Waals surface area contributed by atoms with Gasteiger partial charge in [-0.25, -0.2) is 0 Å². The molecule has 5 nitrogen and oxygen atoms in total. The zero-order chi connectivity index (χ0) is 13.4. The third kappa shape index (κ3) is 7.74. The molecule has 0 heterocycles. The van der Waals surface area contributed by atoms with Crippen LogP contribution in [0.5, 0.6) is 0 Å². The first-order chi connectivity index (χ1) is 7.86. The molecule has 0 aromatic carbocycles. The van der Waals surface area contributed by atoms with Gasteiger partial charge in [-0.15, -0.1) is 0 Å². The van der Waals surface area contributed by atoms with Crippen LogP contribution in [-0.4, -0.2) is 61.4 Å². The van der Waals surface area contributed by atoms with Crippen molar-refractivity contribution in [2.45, 2.75) is 33.2 Å². The Balaban J connectivity index is 4.15. The smallest absolute Gasteiger partial charge is 0.239 e. The van der Waals surface area contributed by atoms with E-state index in [1.165, 1.54) is 6.92 Å². The van der Waals surface area contributed by atoms with Crippen LogP contribution in [0.3, 0.4) is 0 Å². The molecule has 0 aliphatic heterocycles. The Kier molecular flexibility index (Phi) is 7.54. The minimum absolute atomic E-state index is 0.0637. The van der Waals surface area contributed by atoms with Gasteiger partial charge in [-0.1, -0.05) is 6.92 Å². The van der Waals surface area contributed by atoms with Crippen molar-refractivity contribution in [2.24, 2.45) is 0 Å². The molecule has 0 aliphatic carbocycles. The Hall–Kier alpha value is -1.10. The van der Waals surface area contributed by atoms with E-state index >= 15 is 0 Å². The fraction of sp³-hybridized carbons (Fsp3) is 0.833. The molecule has 5 heteroatoms. The number of carbonyl (C=O) groups is 2. The summed E-state index contributed by atoms with van der Waals surface area (Å²) < 4.78 is 0. The fourth-order valence-corrected chi connectivity index (χ4v) is 1.26. The second-order valence-electron chi connectivity index (χ2n) is 4.62. The number of amides is 2. The molecule has 0 fully saturated rings. The van der Waals surface area contributed by atoms with Crippen LogP contribution in [0.15, 0.2) is 0 Å². The lowest BCUT2D eigenvalue weighted by molar-refractivity contribution is -0.134. The van der Waals surface area contributed by atoms with Gasteiger partial charge in [0.05, 0.1) is 6.54 Å². The van der Waals surface area contributed by atoms with Gasteiger partial charge in [0.15, 0.2) is 0 Å². The molecular formula is C12H25N3O2. The molecule has 0 radical (unpaired) electrons. The lowest BCUT2D eigenvalue weighted by atomic mass is 10.2. The van der Waals surface area contributed by atoms with Crippen molar-refractivity contribution in [3.8, 4) is 0 Å². The van der Waals surface area contributed by atoms with Crippen molar-refractivity contribution in [2.75, 3.05) is 33.7 Å². The summed E-state index contributed by atoms with van der Waals surface area (Å²) in [5, 5.41) is 2.86. The molecule has 0 aliphatic rings. The van der Waals surface area contributed by atoms with E-state index < -0.39 is 0 Å². The first-order valence-corrected chi connectivity index (χ1v) is 6.06. The largest absolute Gasteiger partial charge is 0.352 e. The number of likely N-dealkylation sites (N-methyl/N-ethyl adjacent to an activating group) is 1. The van der Waals surface area contributed by atoms with Crippen molar-refractivity contribution in [3.63, 3.8) is 0 Å². The summed E-state index contributed by atoms with van der Waals surface area (Å²) in [4.78, 5) is 26.6. The van der Waals surface area contributed by atoms with E-state index in [4.69, 9.17) is 0 Å². The van der Waals surface area contributed by atoms with Gasteiger partial charge in [-0.3, -0.25) is 9.59 Å². The first kappa shape index (κ1) is 15.9. The van der Waals surface area contributed by atoms with Crippen LogP contribution in [0, 0.1) is 0 Å². The van der Waals surface area contributed by atoms with Crippen LogP contribution in [0.2, 0.25) is 0 Å². The number of nitrogens with zero attached hydrogens (tertiary/aromatic N) is 2. The Bertz CT molecular complexity index is 254. The van der Waals surface area contributed by atoms with Gasteiger partial charge in [0.25, 0.3) is 0 Å². The highest BCUT2D eigenvalue weighted by Crippen LogP contribution is 1.93. The fourth-order valence-electron chi connectivity index (χ4n) is 1.26. The van der Waals surface area contributed by atoms with Gasteiger partial charge in [-0.2, -0.15) is 0 Å². The molecule has 0 aromatic rings. The van der Waals surface area contributed by atoms with Crippen molar-refractivity contribution >= 4 is 11.8 Å². The van der Waals surface area contributed by atoms with Crippen molar-refractivity contribution in [1.29, 1.82) is 0 Å². The first-order valence-electron chi connectivity index (χ1n) is 6.06. The molecule has 0 saturated heterocycles. The van der Waals surface area contributed by atoms with Gasteiger partial charge in [0.2, 0.25) is 11.8 Å². The molecule has 0 rings (SSSR count). The van der Waals surface area contributed by atoms with Crippen molar-refractivity contribution in [1.82, 2.24) is 15.1 Å². The van der Waals surface area contributed by atoms with E-state index in [9.17, 15) is 9.59 Å². The Labute approximate surface area is 104 Å². The Morgan fingerprint density at radius 2 is 1.82 bits per heavy atom. The van der Waals surface area contributed by atoms with Crippen LogP contribution in [0.4, 0.5) is 0 Å². The highest BCUT2D eigenvalue weighted by Gasteiger charge is 2.14. The van der Waals surface area contributed by atoms with Crippen LogP contribution in [0.1, 0.15) is 27.2 Å². The quantitative estimate of drug-likeness (QED) is 0.700. The van der Waals surface area contributed by atoms with Crippen LogP contribution in [-0.2, 0) is 9.59 Å². The average Bonchev–Trinajstić information content (AvgIpc) is 2.23. The maximum Gasteiger partial charge on any atom is 0.239 e. The minimum atomic E-state index is -0.0895. The molecular weight excluding hydrogens is 218 g/mol. The van der Waals surface area contributed by atoms with E-state index in [1.54, 1.807) is 4.90 Å². The highest BCUT2D eigenvalue weighted by molar-refractivity contribution is 5.83. The Morgan fingerprint density at radius 3 is 2.24 bits per heavy atom. The molecule has 0 bridgehead atoms. The summed E-state index contributed by atoms with van der Waals surface area (Å²) in [5.41, 5.74) is 0. The second-order valence-corrected chi connectivity index (χ2v) is 4.62. The van der Waals surface area contributed by atoms with Crippen LogP contribution in [0.25, 0.3) is 0 Å². The Morgan fingerprint density at radius 1 is 1.24 bits per heavy atom. The highest BCUT2D eigenvalue weighted by atomic mass is 16.2. The van der Waals surface area contributed by atoms with E-state index in [-0.39, 0.29) is 24.4 Å². The van der Waals surface area contributed by atoms with Gasteiger partial charge in [0.1, 0.15) is 0 Å². The molecule has 100 valence electrons. The summed E-state index contributed by atoms with van der Waals surface area (Å²) in [7, 11) is 3.88. The number of carbonyl (C=O) groups excluding carboxylic acids is 2. The van der Waals surface area contributed by atoms with Gasteiger partial charge in [0, 0.05) is 26.1 Å². The monoisotopic (exact) mass is 243 g/mol. The zero-order valence-electron chi connectivity index (χ0n) is 11.6.